The molecule has 308 valence electrons. The first kappa shape index (κ1) is 49.6. The predicted molar refractivity (Wildman–Crippen MR) is 202 cm³/mol. The van der Waals surface area contributed by atoms with E-state index in [4.69, 9.17) is 47.8 Å². The molecule has 3 aromatic rings. The molecule has 3 N–H and O–H groups in total. The van der Waals surface area contributed by atoms with E-state index in [0.29, 0.717) is 61.0 Å². The SMILES string of the molecule is C.CCOC(=O)CCC(C(C)=O)C(=O)OCC.CCOC(=O)CCc1c(C)c2c(OCCOC)cc(O)cc2oc1=O.COCCOc1cc(O)cc(O)c1. The zero-order chi connectivity index (χ0) is 40.6. The lowest BCUT2D eigenvalue weighted by molar-refractivity contribution is -0.152. The van der Waals surface area contributed by atoms with Crippen LogP contribution < -0.4 is 15.1 Å². The van der Waals surface area contributed by atoms with Crippen molar-refractivity contribution in [3.63, 3.8) is 0 Å². The maximum Gasteiger partial charge on any atom is 0.339 e. The molecule has 1 aromatic heterocycles. The van der Waals surface area contributed by atoms with Crippen molar-refractivity contribution in [3.05, 3.63) is 51.9 Å². The number of fused-ring (bicyclic) bond motifs is 1. The number of aryl methyl sites for hydroxylation is 1. The van der Waals surface area contributed by atoms with Crippen LogP contribution in [-0.2, 0) is 49.3 Å². The molecule has 0 aliphatic heterocycles. The van der Waals surface area contributed by atoms with Gasteiger partial charge in [0.15, 0.2) is 0 Å². The van der Waals surface area contributed by atoms with Crippen LogP contribution in [0.3, 0.4) is 0 Å². The maximum atomic E-state index is 12.2. The van der Waals surface area contributed by atoms with Gasteiger partial charge in [0.05, 0.1) is 38.4 Å². The molecule has 2 aromatic carbocycles. The predicted octanol–water partition coefficient (Wildman–Crippen LogP) is 5.19. The van der Waals surface area contributed by atoms with Crippen LogP contribution in [0.2, 0.25) is 0 Å². The van der Waals surface area contributed by atoms with Crippen LogP contribution in [0.15, 0.2) is 39.5 Å². The minimum absolute atomic E-state index is 0. The Hall–Kier alpha value is -5.35. The zero-order valence-electron chi connectivity index (χ0n) is 31.9. The molecule has 0 bridgehead atoms. The molecule has 55 heavy (non-hydrogen) atoms. The Morgan fingerprint density at radius 1 is 0.727 bits per heavy atom. The first-order valence-electron chi connectivity index (χ1n) is 17.3. The van der Waals surface area contributed by atoms with Crippen molar-refractivity contribution >= 4 is 34.7 Å². The Morgan fingerprint density at radius 3 is 1.78 bits per heavy atom. The van der Waals surface area contributed by atoms with E-state index in [1.165, 1.54) is 37.3 Å². The third-order valence-corrected chi connectivity index (χ3v) is 7.19. The largest absolute Gasteiger partial charge is 0.508 e. The van der Waals surface area contributed by atoms with Crippen LogP contribution in [0.4, 0.5) is 0 Å². The van der Waals surface area contributed by atoms with E-state index in [-0.39, 0.29) is 80.9 Å². The summed E-state index contributed by atoms with van der Waals surface area (Å²) < 4.78 is 40.2. The molecule has 16 nitrogen and oxygen atoms in total. The Bertz CT molecular complexity index is 1680. The number of esters is 3. The molecular weight excluding hydrogens is 724 g/mol. The third kappa shape index (κ3) is 18.5. The second-order valence-corrected chi connectivity index (χ2v) is 11.2. The number of rotatable bonds is 19. The van der Waals surface area contributed by atoms with E-state index in [1.807, 2.05) is 0 Å². The summed E-state index contributed by atoms with van der Waals surface area (Å²) >= 11 is 0. The highest BCUT2D eigenvalue weighted by molar-refractivity contribution is 5.98. The van der Waals surface area contributed by atoms with E-state index >= 15 is 0 Å². The fourth-order valence-corrected chi connectivity index (χ4v) is 4.71. The summed E-state index contributed by atoms with van der Waals surface area (Å²) in [5.74, 6) is -1.78. The Labute approximate surface area is 321 Å². The van der Waals surface area contributed by atoms with E-state index in [2.05, 4.69) is 0 Å². The molecule has 1 unspecified atom stereocenters. The van der Waals surface area contributed by atoms with E-state index in [0.717, 1.165) is 0 Å². The highest BCUT2D eigenvalue weighted by Crippen LogP contribution is 2.34. The highest BCUT2D eigenvalue weighted by Gasteiger charge is 2.25. The minimum Gasteiger partial charge on any atom is -0.508 e. The second-order valence-electron chi connectivity index (χ2n) is 11.2. The molecule has 0 amide bonds. The van der Waals surface area contributed by atoms with Gasteiger partial charge >= 0.3 is 23.5 Å². The molecule has 1 heterocycles. The molecule has 0 saturated carbocycles. The summed E-state index contributed by atoms with van der Waals surface area (Å²) in [6.07, 6.45) is 0.494. The maximum absolute atomic E-state index is 12.2. The summed E-state index contributed by atoms with van der Waals surface area (Å²) in [6.45, 7) is 10.5. The van der Waals surface area contributed by atoms with Gasteiger partial charge in [-0.3, -0.25) is 19.2 Å². The van der Waals surface area contributed by atoms with Crippen molar-refractivity contribution in [2.75, 3.05) is 60.5 Å². The number of hydrogen-bond donors (Lipinski definition) is 3. The molecule has 0 saturated heterocycles. The zero-order valence-corrected chi connectivity index (χ0v) is 31.9. The summed E-state index contributed by atoms with van der Waals surface area (Å²) in [4.78, 5) is 57.4. The molecule has 0 fully saturated rings. The fourth-order valence-electron chi connectivity index (χ4n) is 4.71. The number of ether oxygens (including phenoxy) is 7. The first-order chi connectivity index (χ1) is 25.7. The van der Waals surface area contributed by atoms with Crippen LogP contribution in [0, 0.1) is 12.8 Å². The number of ketones is 1. The standard InChI is InChI=1S/C18H22O7.C11H18O5.C9H12O4.CH4/c1-4-23-16(20)6-5-13-11(2)17-14(24-8-7-22-3)9-12(19)10-15(17)25-18(13)21;1-4-15-10(13)7-6-9(8(3)12)11(14)16-5-2;1-12-2-3-13-9-5-7(10)4-8(11)6-9;/h9-10,19H,4-8H2,1-3H3;9H,4-7H2,1-3H3;4-6,10-11H,2-3H2,1H3;1H4. The summed E-state index contributed by atoms with van der Waals surface area (Å²) in [6, 6.07) is 6.91. The lowest BCUT2D eigenvalue weighted by atomic mass is 9.99. The molecule has 0 spiro atoms. The quantitative estimate of drug-likeness (QED) is 0.0468. The lowest BCUT2D eigenvalue weighted by Crippen LogP contribution is -2.25. The fraction of sp³-hybridized carbons (Fsp3) is 0.513. The van der Waals surface area contributed by atoms with Crippen LogP contribution in [0.25, 0.3) is 11.0 Å². The van der Waals surface area contributed by atoms with Crippen molar-refractivity contribution in [1.82, 2.24) is 0 Å². The van der Waals surface area contributed by atoms with E-state index in [1.54, 1.807) is 41.9 Å². The number of hydrogen-bond acceptors (Lipinski definition) is 16. The number of Topliss-reactive ketones (excluding diaryl/α,β-unsaturated/α-hetero) is 1. The van der Waals surface area contributed by atoms with Gasteiger partial charge in [-0.2, -0.15) is 0 Å². The second kappa shape index (κ2) is 27.3. The number of carbonyl (C=O) groups is 4. The monoisotopic (exact) mass is 780 g/mol. The van der Waals surface area contributed by atoms with Gasteiger partial charge in [0, 0.05) is 63.0 Å². The highest BCUT2D eigenvalue weighted by atomic mass is 16.5. The van der Waals surface area contributed by atoms with Gasteiger partial charge in [-0.25, -0.2) is 4.79 Å². The van der Waals surface area contributed by atoms with Crippen molar-refractivity contribution in [2.45, 2.75) is 67.7 Å². The van der Waals surface area contributed by atoms with Gasteiger partial charge in [0.25, 0.3) is 0 Å². The van der Waals surface area contributed by atoms with Gasteiger partial charge in [-0.05, 0) is 53.0 Å². The van der Waals surface area contributed by atoms with Crippen molar-refractivity contribution < 1.29 is 72.1 Å². The van der Waals surface area contributed by atoms with Gasteiger partial charge in [0.1, 0.15) is 59.2 Å². The average Bonchev–Trinajstić information content (AvgIpc) is 3.08. The van der Waals surface area contributed by atoms with Gasteiger partial charge in [-0.1, -0.05) is 7.43 Å². The van der Waals surface area contributed by atoms with E-state index in [9.17, 15) is 29.1 Å². The first-order valence-corrected chi connectivity index (χ1v) is 17.3. The lowest BCUT2D eigenvalue weighted by Gasteiger charge is -2.13. The van der Waals surface area contributed by atoms with Crippen LogP contribution in [-0.4, -0.2) is 99.5 Å². The van der Waals surface area contributed by atoms with Crippen LogP contribution >= 0.6 is 0 Å². The topological polar surface area (TPSA) is 224 Å². The average molecular weight is 781 g/mol. The minimum atomic E-state index is -0.857. The Balaban J connectivity index is 0.000000843. The molecular formula is C39H56O16. The number of phenolic OH excluding ortho intramolecular Hbond substituents is 3. The number of aromatic hydroxyl groups is 3. The molecule has 3 rings (SSSR count). The smallest absolute Gasteiger partial charge is 0.339 e. The van der Waals surface area contributed by atoms with Gasteiger partial charge < -0.3 is 52.9 Å². The Kier molecular flexibility index (Phi) is 24.6. The van der Waals surface area contributed by atoms with Crippen LogP contribution in [0.5, 0.6) is 28.7 Å². The summed E-state index contributed by atoms with van der Waals surface area (Å²) in [7, 11) is 3.13. The number of benzene rings is 2. The molecule has 0 aliphatic carbocycles. The molecule has 0 aliphatic rings. The molecule has 0 radical (unpaired) electrons. The molecule has 16 heteroatoms. The number of methoxy groups -OCH3 is 2. The van der Waals surface area contributed by atoms with Crippen molar-refractivity contribution in [3.8, 4) is 28.7 Å². The normalized spacial score (nSPS) is 10.7. The summed E-state index contributed by atoms with van der Waals surface area (Å²) in [5.41, 5.74) is 0.739. The van der Waals surface area contributed by atoms with Crippen LogP contribution in [0.1, 0.15) is 65.5 Å². The molecule has 1 atom stereocenters. The number of carbonyl (C=O) groups excluding carboxylic acids is 4. The van der Waals surface area contributed by atoms with Crippen molar-refractivity contribution in [1.29, 1.82) is 0 Å². The van der Waals surface area contributed by atoms with E-state index < -0.39 is 23.5 Å². The van der Waals surface area contributed by atoms with Crippen molar-refractivity contribution in [2.24, 2.45) is 5.92 Å². The number of phenols is 3. The van der Waals surface area contributed by atoms with Gasteiger partial charge in [0.2, 0.25) is 0 Å². The summed E-state index contributed by atoms with van der Waals surface area (Å²) in [5, 5.41) is 28.6. The Morgan fingerprint density at radius 2 is 1.25 bits per heavy atom. The van der Waals surface area contributed by atoms with Gasteiger partial charge in [-0.15, -0.1) is 0 Å². The third-order valence-electron chi connectivity index (χ3n) is 7.19.